The summed E-state index contributed by atoms with van der Waals surface area (Å²) < 4.78 is 41.0. The fourth-order valence-corrected chi connectivity index (χ4v) is 2.21. The van der Waals surface area contributed by atoms with E-state index < -0.39 is 12.8 Å². The Labute approximate surface area is 120 Å². The van der Waals surface area contributed by atoms with Crippen LogP contribution in [0, 0.1) is 0 Å². The van der Waals surface area contributed by atoms with Gasteiger partial charge in [-0.3, -0.25) is 4.79 Å². The van der Waals surface area contributed by atoms with E-state index in [1.165, 1.54) is 12.1 Å². The highest BCUT2D eigenvalue weighted by Crippen LogP contribution is 2.23. The zero-order chi connectivity index (χ0) is 15.5. The van der Waals surface area contributed by atoms with E-state index in [-0.39, 0.29) is 17.7 Å². The van der Waals surface area contributed by atoms with E-state index in [0.29, 0.717) is 12.1 Å². The van der Waals surface area contributed by atoms with Crippen LogP contribution < -0.4 is 10.1 Å². The van der Waals surface area contributed by atoms with Crippen LogP contribution in [0.5, 0.6) is 5.75 Å². The summed E-state index contributed by atoms with van der Waals surface area (Å²) in [4.78, 5) is 13.6. The van der Waals surface area contributed by atoms with E-state index >= 15 is 0 Å². The molecule has 1 aromatic carbocycles. The number of benzene rings is 1. The third-order valence-electron chi connectivity index (χ3n) is 3.24. The molecule has 116 valence electrons. The molecule has 1 unspecified atom stereocenters. The monoisotopic (exact) mass is 302 g/mol. The number of rotatable bonds is 4. The van der Waals surface area contributed by atoms with Crippen molar-refractivity contribution in [3.63, 3.8) is 0 Å². The lowest BCUT2D eigenvalue weighted by Crippen LogP contribution is -2.45. The molecule has 1 aromatic rings. The van der Waals surface area contributed by atoms with Crippen LogP contribution >= 0.6 is 0 Å². The Morgan fingerprint density at radius 3 is 2.90 bits per heavy atom. The van der Waals surface area contributed by atoms with Crippen molar-refractivity contribution < 1.29 is 22.7 Å². The molecule has 1 atom stereocenters. The molecule has 1 N–H and O–H groups in total. The number of nitrogens with zero attached hydrogens (tertiary/aromatic N) is 1. The van der Waals surface area contributed by atoms with Gasteiger partial charge in [-0.25, -0.2) is 0 Å². The van der Waals surface area contributed by atoms with Crippen LogP contribution in [0.2, 0.25) is 0 Å². The first-order valence-electron chi connectivity index (χ1n) is 6.66. The second kappa shape index (κ2) is 6.24. The predicted molar refractivity (Wildman–Crippen MR) is 72.3 cm³/mol. The molecule has 0 aliphatic carbocycles. The summed E-state index contributed by atoms with van der Waals surface area (Å²) in [5, 5.41) is 3.05. The molecule has 0 aromatic heterocycles. The van der Waals surface area contributed by atoms with Gasteiger partial charge < -0.3 is 15.0 Å². The number of nitrogens with one attached hydrogen (secondary N) is 1. The number of amides is 1. The first kappa shape index (κ1) is 15.5. The molecule has 7 heteroatoms. The van der Waals surface area contributed by atoms with Crippen molar-refractivity contribution in [2.24, 2.45) is 0 Å². The largest absolute Gasteiger partial charge is 0.484 e. The summed E-state index contributed by atoms with van der Waals surface area (Å²) in [6.07, 6.45) is -2.77. The summed E-state index contributed by atoms with van der Waals surface area (Å²) in [6, 6.07) is 5.86. The molecule has 1 saturated heterocycles. The molecule has 0 bridgehead atoms. The Bertz CT molecular complexity index is 505. The second-order valence-corrected chi connectivity index (χ2v) is 5.03. The highest BCUT2D eigenvalue weighted by atomic mass is 19.4. The van der Waals surface area contributed by atoms with E-state index in [1.54, 1.807) is 24.1 Å². The number of piperidine rings is 1. The van der Waals surface area contributed by atoms with Crippen molar-refractivity contribution in [2.75, 3.05) is 25.5 Å². The van der Waals surface area contributed by atoms with Crippen LogP contribution in [0.4, 0.5) is 18.9 Å². The molecule has 0 radical (unpaired) electrons. The van der Waals surface area contributed by atoms with E-state index in [9.17, 15) is 18.0 Å². The molecule has 1 aliphatic heterocycles. The first-order chi connectivity index (χ1) is 9.85. The second-order valence-electron chi connectivity index (χ2n) is 5.03. The lowest BCUT2D eigenvalue weighted by atomic mass is 10.1. The summed E-state index contributed by atoms with van der Waals surface area (Å²) >= 11 is 0. The summed E-state index contributed by atoms with van der Waals surface area (Å²) in [7, 11) is 1.74. The number of carbonyl (C=O) groups is 1. The van der Waals surface area contributed by atoms with Crippen molar-refractivity contribution >= 4 is 11.6 Å². The topological polar surface area (TPSA) is 41.6 Å². The van der Waals surface area contributed by atoms with Gasteiger partial charge in [0.15, 0.2) is 6.61 Å². The minimum absolute atomic E-state index is 0.0112. The van der Waals surface area contributed by atoms with E-state index in [0.717, 1.165) is 13.0 Å². The molecular formula is C14H17F3N2O2. The van der Waals surface area contributed by atoms with Gasteiger partial charge in [0.05, 0.1) is 0 Å². The number of carbonyl (C=O) groups excluding carboxylic acids is 1. The normalized spacial score (nSPS) is 19.5. The predicted octanol–water partition coefficient (Wildman–Crippen LogP) is 2.66. The van der Waals surface area contributed by atoms with Crippen LogP contribution in [0.1, 0.15) is 12.8 Å². The fourth-order valence-electron chi connectivity index (χ4n) is 2.21. The maximum absolute atomic E-state index is 12.1. The zero-order valence-corrected chi connectivity index (χ0v) is 11.6. The highest BCUT2D eigenvalue weighted by Gasteiger charge is 2.29. The molecule has 2 rings (SSSR count). The fraction of sp³-hybridized carbons (Fsp3) is 0.500. The van der Waals surface area contributed by atoms with Gasteiger partial charge in [0.2, 0.25) is 5.91 Å². The summed E-state index contributed by atoms with van der Waals surface area (Å²) in [5.74, 6) is 0.108. The number of anilines is 1. The smallest absolute Gasteiger partial charge is 0.422 e. The number of likely N-dealkylation sites (N-methyl/N-ethyl adjacent to an activating group) is 1. The van der Waals surface area contributed by atoms with E-state index in [4.69, 9.17) is 0 Å². The lowest BCUT2D eigenvalue weighted by molar-refractivity contribution is -0.153. The van der Waals surface area contributed by atoms with Crippen LogP contribution in [0.15, 0.2) is 24.3 Å². The highest BCUT2D eigenvalue weighted by molar-refractivity contribution is 5.85. The third kappa shape index (κ3) is 4.54. The molecule has 1 aliphatic rings. The van der Waals surface area contributed by atoms with Crippen molar-refractivity contribution in [3.05, 3.63) is 24.3 Å². The van der Waals surface area contributed by atoms with Crippen molar-refractivity contribution in [2.45, 2.75) is 25.1 Å². The molecule has 1 fully saturated rings. The Morgan fingerprint density at radius 2 is 2.19 bits per heavy atom. The molecule has 0 spiro atoms. The zero-order valence-electron chi connectivity index (χ0n) is 11.6. The van der Waals surface area contributed by atoms with Gasteiger partial charge in [0, 0.05) is 25.3 Å². The van der Waals surface area contributed by atoms with Gasteiger partial charge in [0.25, 0.3) is 0 Å². The van der Waals surface area contributed by atoms with Crippen molar-refractivity contribution in [1.82, 2.24) is 4.90 Å². The standard InChI is InChI=1S/C14H17F3N2O2/c1-19-7-3-6-12(13(19)20)18-10-4-2-5-11(8-10)21-9-14(15,16)17/h2,4-5,8,12,18H,3,6-7,9H2,1H3. The van der Waals surface area contributed by atoms with Gasteiger partial charge in [-0.15, -0.1) is 0 Å². The Balaban J connectivity index is 1.99. The molecule has 1 heterocycles. The SMILES string of the molecule is CN1CCCC(Nc2cccc(OCC(F)(F)F)c2)C1=O. The number of hydrogen-bond acceptors (Lipinski definition) is 3. The van der Waals surface area contributed by atoms with Crippen molar-refractivity contribution in [1.29, 1.82) is 0 Å². The third-order valence-corrected chi connectivity index (χ3v) is 3.24. The van der Waals surface area contributed by atoms with Gasteiger partial charge >= 0.3 is 6.18 Å². The van der Waals surface area contributed by atoms with Crippen LogP contribution in [-0.4, -0.2) is 43.2 Å². The van der Waals surface area contributed by atoms with Gasteiger partial charge in [-0.05, 0) is 25.0 Å². The summed E-state index contributed by atoms with van der Waals surface area (Å²) in [6.45, 7) is -0.604. The number of alkyl halides is 3. The van der Waals surface area contributed by atoms with Crippen molar-refractivity contribution in [3.8, 4) is 5.75 Å². The summed E-state index contributed by atoms with van der Waals surface area (Å²) in [5.41, 5.74) is 0.573. The quantitative estimate of drug-likeness (QED) is 0.929. The number of halogens is 3. The minimum atomic E-state index is -4.37. The molecule has 4 nitrogen and oxygen atoms in total. The minimum Gasteiger partial charge on any atom is -0.484 e. The average Bonchev–Trinajstić information content (AvgIpc) is 2.41. The number of ether oxygens (including phenoxy) is 1. The molecular weight excluding hydrogens is 285 g/mol. The average molecular weight is 302 g/mol. The van der Waals surface area contributed by atoms with Gasteiger partial charge in [-0.1, -0.05) is 6.07 Å². The van der Waals surface area contributed by atoms with E-state index in [1.807, 2.05) is 0 Å². The molecule has 1 amide bonds. The maximum atomic E-state index is 12.1. The molecule has 0 saturated carbocycles. The van der Waals surface area contributed by atoms with Crippen LogP contribution in [-0.2, 0) is 4.79 Å². The van der Waals surface area contributed by atoms with Gasteiger partial charge in [-0.2, -0.15) is 13.2 Å². The lowest BCUT2D eigenvalue weighted by Gasteiger charge is -2.30. The Hall–Kier alpha value is -1.92. The Morgan fingerprint density at radius 1 is 1.43 bits per heavy atom. The molecule has 21 heavy (non-hydrogen) atoms. The van der Waals surface area contributed by atoms with Crippen LogP contribution in [0.3, 0.4) is 0 Å². The van der Waals surface area contributed by atoms with Gasteiger partial charge in [0.1, 0.15) is 11.8 Å². The van der Waals surface area contributed by atoms with Crippen LogP contribution in [0.25, 0.3) is 0 Å². The number of hydrogen-bond donors (Lipinski definition) is 1. The first-order valence-corrected chi connectivity index (χ1v) is 6.66. The maximum Gasteiger partial charge on any atom is 0.422 e. The van der Waals surface area contributed by atoms with E-state index in [2.05, 4.69) is 10.1 Å². The Kier molecular flexibility index (Phi) is 4.59. The number of likely N-dealkylation sites (tertiary alicyclic amines) is 1.